The Morgan fingerprint density at radius 1 is 1.17 bits per heavy atom. The van der Waals surface area contributed by atoms with E-state index in [0.717, 1.165) is 19.3 Å². The first-order valence-corrected chi connectivity index (χ1v) is 11.2. The second-order valence-corrected chi connectivity index (χ2v) is 8.43. The van der Waals surface area contributed by atoms with E-state index in [1.54, 1.807) is 19.1 Å². The third-order valence-corrected chi connectivity index (χ3v) is 6.22. The molecular weight excluding hydrogens is 396 g/mol. The normalized spacial score (nSPS) is 15.2. The van der Waals surface area contributed by atoms with E-state index in [1.165, 1.54) is 22.5 Å². The molecule has 0 aromatic heterocycles. The predicted octanol–water partition coefficient (Wildman–Crippen LogP) is 2.71. The van der Waals surface area contributed by atoms with E-state index in [9.17, 15) is 18.0 Å². The van der Waals surface area contributed by atoms with Gasteiger partial charge in [0.1, 0.15) is 10.6 Å². The molecule has 0 unspecified atom stereocenters. The number of esters is 1. The van der Waals surface area contributed by atoms with Crippen molar-refractivity contribution >= 4 is 27.6 Å². The summed E-state index contributed by atoms with van der Waals surface area (Å²) < 4.78 is 38.0. The number of ether oxygens (including phenoxy) is 2. The van der Waals surface area contributed by atoms with Crippen molar-refractivity contribution in [1.29, 1.82) is 0 Å². The maximum Gasteiger partial charge on any atom is 0.330 e. The monoisotopic (exact) mass is 424 g/mol. The Balaban J connectivity index is 2.16. The van der Waals surface area contributed by atoms with E-state index in [4.69, 9.17) is 9.47 Å². The number of carbonyl (C=O) groups excluding carboxylic acids is 2. The molecule has 2 rings (SSSR count). The Labute approximate surface area is 171 Å². The molecule has 1 aromatic rings. The number of carbonyl (C=O) groups is 2. The van der Waals surface area contributed by atoms with Gasteiger partial charge in [-0.25, -0.2) is 13.2 Å². The van der Waals surface area contributed by atoms with E-state index in [-0.39, 0.29) is 16.3 Å². The Morgan fingerprint density at radius 3 is 2.55 bits per heavy atom. The molecule has 1 aliphatic heterocycles. The smallest absolute Gasteiger partial charge is 0.330 e. The van der Waals surface area contributed by atoms with Gasteiger partial charge in [-0.05, 0) is 44.4 Å². The quantitative estimate of drug-likeness (QED) is 0.483. The van der Waals surface area contributed by atoms with Crippen molar-refractivity contribution < 1.29 is 27.5 Å². The van der Waals surface area contributed by atoms with Gasteiger partial charge in [-0.3, -0.25) is 4.79 Å². The van der Waals surface area contributed by atoms with Crippen LogP contribution in [0.1, 0.15) is 39.5 Å². The number of sulfonamides is 1. The molecule has 0 radical (unpaired) electrons. The summed E-state index contributed by atoms with van der Waals surface area (Å²) in [6, 6.07) is 4.45. The molecule has 29 heavy (non-hydrogen) atoms. The number of amides is 1. The number of benzene rings is 1. The molecule has 0 saturated carbocycles. The van der Waals surface area contributed by atoms with Crippen molar-refractivity contribution in [2.24, 2.45) is 0 Å². The minimum atomic E-state index is -3.75. The second kappa shape index (κ2) is 11.0. The summed E-state index contributed by atoms with van der Waals surface area (Å²) in [5.74, 6) is -0.928. The summed E-state index contributed by atoms with van der Waals surface area (Å²) in [6.07, 6.45) is 6.21. The fourth-order valence-corrected chi connectivity index (χ4v) is 4.58. The molecule has 1 heterocycles. The van der Waals surface area contributed by atoms with Crippen molar-refractivity contribution in [1.82, 2.24) is 4.31 Å². The second-order valence-electron chi connectivity index (χ2n) is 6.53. The topological polar surface area (TPSA) is 102 Å². The van der Waals surface area contributed by atoms with E-state index in [2.05, 4.69) is 5.32 Å². The molecule has 8 nitrogen and oxygen atoms in total. The van der Waals surface area contributed by atoms with Crippen LogP contribution in [0, 0.1) is 0 Å². The number of hydrogen-bond donors (Lipinski definition) is 1. The highest BCUT2D eigenvalue weighted by Crippen LogP contribution is 2.31. The predicted molar refractivity (Wildman–Crippen MR) is 109 cm³/mol. The zero-order valence-corrected chi connectivity index (χ0v) is 17.7. The van der Waals surface area contributed by atoms with Crippen LogP contribution in [0.4, 0.5) is 5.69 Å². The van der Waals surface area contributed by atoms with E-state index < -0.39 is 28.5 Å². The molecular formula is C20H28N2O6S. The zero-order valence-electron chi connectivity index (χ0n) is 16.8. The minimum Gasteiger partial charge on any atom is -0.492 e. The van der Waals surface area contributed by atoms with Gasteiger partial charge < -0.3 is 14.8 Å². The Kier molecular flexibility index (Phi) is 8.66. The maximum absolute atomic E-state index is 13.1. The first kappa shape index (κ1) is 22.9. The van der Waals surface area contributed by atoms with Gasteiger partial charge in [0.25, 0.3) is 5.91 Å². The zero-order chi connectivity index (χ0) is 21.3. The number of hydrogen-bond acceptors (Lipinski definition) is 6. The fraction of sp³-hybridized carbons (Fsp3) is 0.500. The lowest BCUT2D eigenvalue weighted by Gasteiger charge is -2.27. The van der Waals surface area contributed by atoms with Crippen LogP contribution in [0.2, 0.25) is 0 Å². The van der Waals surface area contributed by atoms with Crippen molar-refractivity contribution in [2.45, 2.75) is 44.4 Å². The summed E-state index contributed by atoms with van der Waals surface area (Å²) in [4.78, 5) is 23.5. The summed E-state index contributed by atoms with van der Waals surface area (Å²) in [5.41, 5.74) is 0.286. The van der Waals surface area contributed by atoms with Crippen LogP contribution < -0.4 is 10.1 Å². The molecule has 0 bridgehead atoms. The number of allylic oxidation sites excluding steroid dienone is 1. The van der Waals surface area contributed by atoms with E-state index in [0.29, 0.717) is 26.1 Å². The van der Waals surface area contributed by atoms with Gasteiger partial charge in [0.15, 0.2) is 6.61 Å². The van der Waals surface area contributed by atoms with Gasteiger partial charge in [0.2, 0.25) is 10.0 Å². The highest BCUT2D eigenvalue weighted by molar-refractivity contribution is 7.89. The third-order valence-electron chi connectivity index (χ3n) is 4.30. The highest BCUT2D eigenvalue weighted by atomic mass is 32.2. The van der Waals surface area contributed by atoms with E-state index in [1.807, 2.05) is 6.92 Å². The molecule has 1 saturated heterocycles. The molecule has 1 N–H and O–H groups in total. The van der Waals surface area contributed by atoms with Crippen LogP contribution in [0.3, 0.4) is 0 Å². The molecule has 1 aliphatic rings. The number of anilines is 1. The van der Waals surface area contributed by atoms with Crippen LogP contribution >= 0.6 is 0 Å². The van der Waals surface area contributed by atoms with Gasteiger partial charge in [0, 0.05) is 24.9 Å². The summed E-state index contributed by atoms with van der Waals surface area (Å²) in [7, 11) is -3.75. The van der Waals surface area contributed by atoms with Crippen molar-refractivity contribution in [3.8, 4) is 5.75 Å². The Morgan fingerprint density at radius 2 is 1.90 bits per heavy atom. The van der Waals surface area contributed by atoms with Gasteiger partial charge in [-0.1, -0.05) is 19.4 Å². The molecule has 0 spiro atoms. The van der Waals surface area contributed by atoms with Gasteiger partial charge in [-0.2, -0.15) is 4.31 Å². The molecule has 0 atom stereocenters. The van der Waals surface area contributed by atoms with Crippen molar-refractivity contribution in [3.63, 3.8) is 0 Å². The largest absolute Gasteiger partial charge is 0.492 e. The Hall–Kier alpha value is -2.39. The SMILES string of the molecule is CC/C=C/C(=O)OCC(=O)Nc1ccc(OCC)c(S(=O)(=O)N2CCCCC2)c1. The summed E-state index contributed by atoms with van der Waals surface area (Å²) >= 11 is 0. The maximum atomic E-state index is 13.1. The lowest BCUT2D eigenvalue weighted by atomic mass is 10.2. The lowest BCUT2D eigenvalue weighted by molar-refractivity contribution is -0.142. The lowest BCUT2D eigenvalue weighted by Crippen LogP contribution is -2.35. The molecule has 0 aliphatic carbocycles. The highest BCUT2D eigenvalue weighted by Gasteiger charge is 2.29. The summed E-state index contributed by atoms with van der Waals surface area (Å²) in [6.45, 7) is 4.42. The van der Waals surface area contributed by atoms with Crippen LogP contribution in [0.5, 0.6) is 5.75 Å². The van der Waals surface area contributed by atoms with Gasteiger partial charge >= 0.3 is 5.97 Å². The molecule has 9 heteroatoms. The Bertz CT molecular complexity index is 845. The van der Waals surface area contributed by atoms with E-state index >= 15 is 0 Å². The van der Waals surface area contributed by atoms with Crippen LogP contribution in [-0.4, -0.2) is 50.9 Å². The van der Waals surface area contributed by atoms with Gasteiger partial charge in [0.05, 0.1) is 6.61 Å². The first-order chi connectivity index (χ1) is 13.9. The number of nitrogens with zero attached hydrogens (tertiary/aromatic N) is 1. The van der Waals surface area contributed by atoms with Crippen LogP contribution in [0.15, 0.2) is 35.2 Å². The number of rotatable bonds is 9. The molecule has 1 fully saturated rings. The van der Waals surface area contributed by atoms with Gasteiger partial charge in [-0.15, -0.1) is 0 Å². The number of piperidine rings is 1. The minimum absolute atomic E-state index is 0.0157. The number of nitrogens with one attached hydrogen (secondary N) is 1. The van der Waals surface area contributed by atoms with Crippen LogP contribution in [0.25, 0.3) is 0 Å². The molecule has 1 aromatic carbocycles. The average Bonchev–Trinajstić information content (AvgIpc) is 2.72. The third kappa shape index (κ3) is 6.57. The summed E-state index contributed by atoms with van der Waals surface area (Å²) in [5, 5.41) is 2.56. The molecule has 160 valence electrons. The average molecular weight is 425 g/mol. The molecule has 1 amide bonds. The van der Waals surface area contributed by atoms with Crippen molar-refractivity contribution in [2.75, 3.05) is 31.6 Å². The fourth-order valence-electron chi connectivity index (χ4n) is 2.90. The first-order valence-electron chi connectivity index (χ1n) is 9.78. The van der Waals surface area contributed by atoms with Crippen LogP contribution in [-0.2, 0) is 24.3 Å². The van der Waals surface area contributed by atoms with Crippen molar-refractivity contribution in [3.05, 3.63) is 30.4 Å². The standard InChI is InChI=1S/C20H28N2O6S/c1-3-5-9-20(24)28-15-19(23)21-16-10-11-17(27-4-2)18(14-16)29(25,26)22-12-7-6-8-13-22/h5,9-11,14H,3-4,6-8,12-13,15H2,1-2H3,(H,21,23)/b9-5+.